The molecule has 4 rings (SSSR count). The summed E-state index contributed by atoms with van der Waals surface area (Å²) in [4.78, 5) is 12.5. The minimum atomic E-state index is -4.95. The first-order valence-electron chi connectivity index (χ1n) is 11.7. The lowest BCUT2D eigenvalue weighted by molar-refractivity contribution is -0.170. The smallest absolute Gasteiger partial charge is 0.471 e. The van der Waals surface area contributed by atoms with Crippen LogP contribution in [0.2, 0.25) is 0 Å². The number of alkyl halides is 3. The molecule has 1 amide bonds. The minimum absolute atomic E-state index is 0.0274. The summed E-state index contributed by atoms with van der Waals surface area (Å²) in [6, 6.07) is 15.0. The summed E-state index contributed by atoms with van der Waals surface area (Å²) in [6.45, 7) is 5.14. The van der Waals surface area contributed by atoms with E-state index in [4.69, 9.17) is 9.47 Å². The number of amides is 1. The average Bonchev–Trinajstić information content (AvgIpc) is 3.22. The molecular weight excluding hydrogens is 445 g/mol. The Balaban J connectivity index is 1.67. The molecule has 1 N–H and O–H groups in total. The molecule has 8 heteroatoms. The highest BCUT2D eigenvalue weighted by Gasteiger charge is 2.49. The highest BCUT2D eigenvalue weighted by Crippen LogP contribution is 2.50. The molecule has 0 bridgehead atoms. The first kappa shape index (κ1) is 24.5. The number of carbonyl (C=O) groups excluding carboxylic acids is 1. The van der Waals surface area contributed by atoms with Crippen molar-refractivity contribution in [3.05, 3.63) is 59.7 Å². The molecule has 3 atom stereocenters. The third-order valence-electron chi connectivity index (χ3n) is 6.68. The Morgan fingerprint density at radius 2 is 1.94 bits per heavy atom. The van der Waals surface area contributed by atoms with Gasteiger partial charge in [-0.1, -0.05) is 30.3 Å². The van der Waals surface area contributed by atoms with Gasteiger partial charge >= 0.3 is 12.1 Å². The van der Waals surface area contributed by atoms with E-state index in [1.165, 1.54) is 6.07 Å². The van der Waals surface area contributed by atoms with Crippen molar-refractivity contribution in [3.63, 3.8) is 0 Å². The SMILES string of the molecule is CC(C)Oc1ccc(N(C)C(=O)C(F)(F)F)cc1[C@H]1CO[C@]2(CCCN[C@H]2c2ccccc2)C1. The number of benzene rings is 2. The topological polar surface area (TPSA) is 50.8 Å². The van der Waals surface area contributed by atoms with Crippen molar-refractivity contribution < 1.29 is 27.4 Å². The summed E-state index contributed by atoms with van der Waals surface area (Å²) in [7, 11) is 1.14. The molecule has 0 radical (unpaired) electrons. The molecular formula is C26H31F3N2O3. The van der Waals surface area contributed by atoms with Crippen LogP contribution in [0.5, 0.6) is 5.75 Å². The van der Waals surface area contributed by atoms with Gasteiger partial charge in [0.15, 0.2) is 0 Å². The lowest BCUT2D eigenvalue weighted by atomic mass is 9.77. The molecule has 2 aromatic carbocycles. The first-order chi connectivity index (χ1) is 16.1. The van der Waals surface area contributed by atoms with E-state index in [1.807, 2.05) is 32.0 Å². The number of halogens is 3. The Bertz CT molecular complexity index is 1010. The van der Waals surface area contributed by atoms with Gasteiger partial charge in [0.05, 0.1) is 24.4 Å². The summed E-state index contributed by atoms with van der Waals surface area (Å²) >= 11 is 0. The molecule has 0 aliphatic carbocycles. The van der Waals surface area contributed by atoms with Crippen molar-refractivity contribution in [1.82, 2.24) is 5.32 Å². The van der Waals surface area contributed by atoms with Crippen LogP contribution < -0.4 is 15.0 Å². The van der Waals surface area contributed by atoms with Crippen LogP contribution in [0.1, 0.15) is 56.2 Å². The second kappa shape index (κ2) is 9.58. The van der Waals surface area contributed by atoms with Gasteiger partial charge < -0.3 is 19.7 Å². The molecule has 2 aliphatic rings. The van der Waals surface area contributed by atoms with Gasteiger partial charge in [-0.15, -0.1) is 0 Å². The molecule has 5 nitrogen and oxygen atoms in total. The third-order valence-corrected chi connectivity index (χ3v) is 6.68. The van der Waals surface area contributed by atoms with Crippen LogP contribution in [-0.2, 0) is 9.53 Å². The number of hydrogen-bond donors (Lipinski definition) is 1. The number of piperidine rings is 1. The van der Waals surface area contributed by atoms with Crippen molar-refractivity contribution in [2.24, 2.45) is 0 Å². The van der Waals surface area contributed by atoms with E-state index in [-0.39, 0.29) is 23.8 Å². The standard InChI is InChI=1S/C26H31F3N2O3/c1-17(2)34-22-11-10-20(31(3)24(32)26(27,28)29)14-21(22)19-15-25(33-16-19)12-7-13-30-23(25)18-8-5-4-6-9-18/h4-6,8-11,14,17,19,23,30H,7,12-13,15-16H2,1-3H3/t19-,23+,25-/m1/s1. The number of rotatable bonds is 5. The number of anilines is 1. The number of ether oxygens (including phenoxy) is 2. The molecule has 0 saturated carbocycles. The van der Waals surface area contributed by atoms with Gasteiger partial charge in [-0.05, 0) is 63.4 Å². The highest BCUT2D eigenvalue weighted by molar-refractivity contribution is 5.97. The number of carbonyl (C=O) groups is 1. The molecule has 1 spiro atoms. The van der Waals surface area contributed by atoms with Crippen molar-refractivity contribution in [2.45, 2.75) is 63.0 Å². The number of nitrogens with zero attached hydrogens (tertiary/aromatic N) is 1. The molecule has 2 heterocycles. The zero-order valence-corrected chi connectivity index (χ0v) is 19.7. The first-order valence-corrected chi connectivity index (χ1v) is 11.7. The number of hydrogen-bond acceptors (Lipinski definition) is 4. The van der Waals surface area contributed by atoms with E-state index in [9.17, 15) is 18.0 Å². The number of nitrogens with one attached hydrogen (secondary N) is 1. The Morgan fingerprint density at radius 1 is 1.21 bits per heavy atom. The molecule has 2 aliphatic heterocycles. The van der Waals surface area contributed by atoms with Crippen LogP contribution in [0.15, 0.2) is 48.5 Å². The van der Waals surface area contributed by atoms with Crippen molar-refractivity contribution in [1.29, 1.82) is 0 Å². The monoisotopic (exact) mass is 476 g/mol. The summed E-state index contributed by atoms with van der Waals surface area (Å²) in [5.74, 6) is -1.37. The van der Waals surface area contributed by atoms with Gasteiger partial charge in [-0.25, -0.2) is 0 Å². The second-order valence-corrected chi connectivity index (χ2v) is 9.43. The Labute approximate surface area is 198 Å². The fraction of sp³-hybridized carbons (Fsp3) is 0.500. The maximum Gasteiger partial charge on any atom is 0.471 e. The molecule has 0 unspecified atom stereocenters. The summed E-state index contributed by atoms with van der Waals surface area (Å²) in [6.07, 6.45) is -2.48. The molecule has 34 heavy (non-hydrogen) atoms. The van der Waals surface area contributed by atoms with E-state index in [2.05, 4.69) is 17.4 Å². The normalized spacial score (nSPS) is 25.0. The Hall–Kier alpha value is -2.58. The van der Waals surface area contributed by atoms with Crippen molar-refractivity contribution in [2.75, 3.05) is 25.1 Å². The van der Waals surface area contributed by atoms with Crippen LogP contribution in [0.3, 0.4) is 0 Å². The fourth-order valence-electron chi connectivity index (χ4n) is 5.14. The van der Waals surface area contributed by atoms with Gasteiger partial charge in [-0.2, -0.15) is 13.2 Å². The van der Waals surface area contributed by atoms with Crippen LogP contribution in [0.25, 0.3) is 0 Å². The molecule has 184 valence electrons. The second-order valence-electron chi connectivity index (χ2n) is 9.43. The molecule has 2 fully saturated rings. The minimum Gasteiger partial charge on any atom is -0.491 e. The lowest BCUT2D eigenvalue weighted by Gasteiger charge is -2.41. The summed E-state index contributed by atoms with van der Waals surface area (Å²) < 4.78 is 51.6. The zero-order chi connectivity index (χ0) is 24.5. The third kappa shape index (κ3) is 4.93. The predicted molar refractivity (Wildman–Crippen MR) is 124 cm³/mol. The van der Waals surface area contributed by atoms with Gasteiger partial charge in [0.1, 0.15) is 5.75 Å². The fourth-order valence-corrected chi connectivity index (χ4v) is 5.14. The van der Waals surface area contributed by atoms with Crippen molar-refractivity contribution >= 4 is 11.6 Å². The van der Waals surface area contributed by atoms with Crippen LogP contribution in [0, 0.1) is 0 Å². The maximum atomic E-state index is 13.0. The average molecular weight is 477 g/mol. The van der Waals surface area contributed by atoms with Gasteiger partial charge in [0.2, 0.25) is 0 Å². The van der Waals surface area contributed by atoms with Crippen molar-refractivity contribution in [3.8, 4) is 5.75 Å². The predicted octanol–water partition coefficient (Wildman–Crippen LogP) is 5.37. The van der Waals surface area contributed by atoms with Gasteiger partial charge in [-0.3, -0.25) is 4.79 Å². The summed E-state index contributed by atoms with van der Waals surface area (Å²) in [5, 5.41) is 3.61. The van der Waals surface area contributed by atoms with Crippen LogP contribution in [0.4, 0.5) is 18.9 Å². The highest BCUT2D eigenvalue weighted by atomic mass is 19.4. The van der Waals surface area contributed by atoms with E-state index >= 15 is 0 Å². The quantitative estimate of drug-likeness (QED) is 0.631. The van der Waals surface area contributed by atoms with E-state index < -0.39 is 17.7 Å². The maximum absolute atomic E-state index is 13.0. The summed E-state index contributed by atoms with van der Waals surface area (Å²) in [5.41, 5.74) is 1.69. The van der Waals surface area contributed by atoms with Crippen LogP contribution >= 0.6 is 0 Å². The van der Waals surface area contributed by atoms with E-state index in [1.54, 1.807) is 12.1 Å². The van der Waals surface area contributed by atoms with E-state index in [0.29, 0.717) is 23.7 Å². The lowest BCUT2D eigenvalue weighted by Crippen LogP contribution is -2.48. The Morgan fingerprint density at radius 3 is 2.62 bits per heavy atom. The molecule has 2 saturated heterocycles. The molecule has 0 aromatic heterocycles. The largest absolute Gasteiger partial charge is 0.491 e. The Kier molecular flexibility index (Phi) is 6.92. The van der Waals surface area contributed by atoms with Gasteiger partial charge in [0.25, 0.3) is 0 Å². The van der Waals surface area contributed by atoms with E-state index in [0.717, 1.165) is 37.6 Å². The molecule has 2 aromatic rings. The zero-order valence-electron chi connectivity index (χ0n) is 19.7. The van der Waals surface area contributed by atoms with Crippen LogP contribution in [-0.4, -0.2) is 44.0 Å². The van der Waals surface area contributed by atoms with Gasteiger partial charge in [0, 0.05) is 24.2 Å².